The predicted octanol–water partition coefficient (Wildman–Crippen LogP) is 3.19. The molecule has 0 spiro atoms. The second-order valence-electron chi connectivity index (χ2n) is 6.97. The number of hydrogen-bond acceptors (Lipinski definition) is 7. The highest BCUT2D eigenvalue weighted by molar-refractivity contribution is 7.89. The molecule has 9 heteroatoms. The summed E-state index contributed by atoms with van der Waals surface area (Å²) in [7, 11) is -2.12. The van der Waals surface area contributed by atoms with E-state index in [1.807, 2.05) is 18.2 Å². The number of benzene rings is 1. The Bertz CT molecular complexity index is 1100. The monoisotopic (exact) mass is 425 g/mol. The third-order valence-corrected chi connectivity index (χ3v) is 7.07. The Hall–Kier alpha value is -3.04. The molecule has 2 aromatic heterocycles. The Morgan fingerprint density at radius 2 is 1.73 bits per heavy atom. The van der Waals surface area contributed by atoms with Gasteiger partial charge in [-0.1, -0.05) is 18.2 Å². The number of hydrogen-bond donors (Lipinski definition) is 1. The molecule has 0 atom stereocenters. The number of piperidine rings is 1. The minimum atomic E-state index is -3.60. The normalized spacial score (nSPS) is 15.6. The fraction of sp³-hybridized carbons (Fsp3) is 0.286. The summed E-state index contributed by atoms with van der Waals surface area (Å²) in [6.45, 7) is 0.873. The summed E-state index contributed by atoms with van der Waals surface area (Å²) in [6, 6.07) is 14.3. The van der Waals surface area contributed by atoms with Crippen molar-refractivity contribution in [2.75, 3.05) is 25.5 Å². The molecule has 8 nitrogen and oxygen atoms in total. The number of sulfonamides is 1. The van der Waals surface area contributed by atoms with Crippen LogP contribution < -0.4 is 10.1 Å². The first-order valence-electron chi connectivity index (χ1n) is 9.72. The van der Waals surface area contributed by atoms with Gasteiger partial charge in [-0.05, 0) is 43.2 Å². The molecule has 156 valence electrons. The first kappa shape index (κ1) is 20.2. The number of methoxy groups -OCH3 is 1. The second kappa shape index (κ2) is 8.76. The molecule has 1 aliphatic heterocycles. The van der Waals surface area contributed by atoms with E-state index in [4.69, 9.17) is 4.74 Å². The zero-order chi connectivity index (χ0) is 21.0. The van der Waals surface area contributed by atoms with Crippen LogP contribution in [0.25, 0.3) is 0 Å². The van der Waals surface area contributed by atoms with Crippen LogP contribution in [0.4, 0.5) is 11.8 Å². The first-order chi connectivity index (χ1) is 14.6. The van der Waals surface area contributed by atoms with E-state index in [0.717, 1.165) is 5.69 Å². The Balaban J connectivity index is 1.45. The summed E-state index contributed by atoms with van der Waals surface area (Å²) >= 11 is 0. The Morgan fingerprint density at radius 3 is 2.47 bits per heavy atom. The van der Waals surface area contributed by atoms with Crippen molar-refractivity contribution >= 4 is 21.8 Å². The summed E-state index contributed by atoms with van der Waals surface area (Å²) in [5.41, 5.74) is 0.935. The van der Waals surface area contributed by atoms with Gasteiger partial charge in [0.1, 0.15) is 16.5 Å². The molecular weight excluding hydrogens is 402 g/mol. The Kier molecular flexibility index (Phi) is 5.91. The number of pyridine rings is 1. The Morgan fingerprint density at radius 1 is 1.00 bits per heavy atom. The van der Waals surface area contributed by atoms with Gasteiger partial charge in [-0.25, -0.2) is 23.4 Å². The van der Waals surface area contributed by atoms with Gasteiger partial charge in [-0.2, -0.15) is 4.31 Å². The van der Waals surface area contributed by atoms with Crippen LogP contribution in [0.3, 0.4) is 0 Å². The number of anilines is 2. The number of ether oxygens (including phenoxy) is 1. The van der Waals surface area contributed by atoms with Gasteiger partial charge >= 0.3 is 0 Å². The summed E-state index contributed by atoms with van der Waals surface area (Å²) in [5.74, 6) is 1.71. The highest BCUT2D eigenvalue weighted by Gasteiger charge is 2.32. The van der Waals surface area contributed by atoms with E-state index in [9.17, 15) is 8.42 Å². The lowest BCUT2D eigenvalue weighted by atomic mass is 9.94. The molecular formula is C21H23N5O3S. The van der Waals surface area contributed by atoms with Crippen molar-refractivity contribution in [1.29, 1.82) is 0 Å². The molecule has 0 aliphatic carbocycles. The van der Waals surface area contributed by atoms with Crippen LogP contribution in [-0.4, -0.2) is 47.9 Å². The molecule has 3 aromatic rings. The average molecular weight is 426 g/mol. The lowest BCUT2D eigenvalue weighted by Crippen LogP contribution is -2.38. The van der Waals surface area contributed by atoms with Crippen LogP contribution in [0.15, 0.2) is 65.8 Å². The lowest BCUT2D eigenvalue weighted by Gasteiger charge is -2.31. The molecule has 0 bridgehead atoms. The SMILES string of the molecule is COc1ccccc1S(=O)(=O)N1CCC(c2cccc(Nc3ncccn3)n2)CC1. The van der Waals surface area contributed by atoms with Gasteiger partial charge in [0, 0.05) is 37.1 Å². The summed E-state index contributed by atoms with van der Waals surface area (Å²) in [4.78, 5) is 13.2. The zero-order valence-electron chi connectivity index (χ0n) is 16.6. The molecule has 1 aliphatic rings. The highest BCUT2D eigenvalue weighted by atomic mass is 32.2. The molecule has 0 amide bonds. The minimum Gasteiger partial charge on any atom is -0.495 e. The van der Waals surface area contributed by atoms with Crippen LogP contribution in [0.1, 0.15) is 24.5 Å². The predicted molar refractivity (Wildman–Crippen MR) is 113 cm³/mol. The molecule has 1 saturated heterocycles. The number of para-hydroxylation sites is 1. The number of aromatic nitrogens is 3. The van der Waals surface area contributed by atoms with E-state index < -0.39 is 10.0 Å². The van der Waals surface area contributed by atoms with Crippen molar-refractivity contribution in [3.63, 3.8) is 0 Å². The number of nitrogens with one attached hydrogen (secondary N) is 1. The van der Waals surface area contributed by atoms with Gasteiger partial charge in [0.05, 0.1) is 7.11 Å². The molecule has 0 radical (unpaired) electrons. The van der Waals surface area contributed by atoms with Gasteiger partial charge in [0.25, 0.3) is 0 Å². The van der Waals surface area contributed by atoms with Crippen molar-refractivity contribution in [2.45, 2.75) is 23.7 Å². The van der Waals surface area contributed by atoms with E-state index in [1.54, 1.807) is 42.7 Å². The standard InChI is InChI=1S/C21H23N5O3S/c1-29-18-7-2-3-8-19(18)30(27,28)26-14-10-16(11-15-26)17-6-4-9-20(24-17)25-21-22-12-5-13-23-21/h2-9,12-13,16H,10-11,14-15H2,1H3,(H,22,23,24,25). The fourth-order valence-corrected chi connectivity index (χ4v) is 5.22. The largest absolute Gasteiger partial charge is 0.495 e. The smallest absolute Gasteiger partial charge is 0.246 e. The topological polar surface area (TPSA) is 97.3 Å². The minimum absolute atomic E-state index is 0.188. The first-order valence-corrected chi connectivity index (χ1v) is 11.2. The molecule has 1 aromatic carbocycles. The van der Waals surface area contributed by atoms with E-state index in [2.05, 4.69) is 20.3 Å². The maximum absolute atomic E-state index is 13.1. The lowest BCUT2D eigenvalue weighted by molar-refractivity contribution is 0.315. The summed E-state index contributed by atoms with van der Waals surface area (Å²) < 4.78 is 32.9. The van der Waals surface area contributed by atoms with Crippen molar-refractivity contribution in [2.24, 2.45) is 0 Å². The quantitative estimate of drug-likeness (QED) is 0.648. The van der Waals surface area contributed by atoms with Crippen molar-refractivity contribution < 1.29 is 13.2 Å². The number of nitrogens with zero attached hydrogens (tertiary/aromatic N) is 4. The van der Waals surface area contributed by atoms with Crippen LogP contribution in [0.2, 0.25) is 0 Å². The van der Waals surface area contributed by atoms with Gasteiger partial charge < -0.3 is 10.1 Å². The maximum Gasteiger partial charge on any atom is 0.246 e. The molecule has 0 saturated carbocycles. The van der Waals surface area contributed by atoms with Crippen LogP contribution in [0, 0.1) is 0 Å². The van der Waals surface area contributed by atoms with Crippen molar-refractivity contribution in [3.05, 3.63) is 66.6 Å². The second-order valence-corrected chi connectivity index (χ2v) is 8.88. The van der Waals surface area contributed by atoms with E-state index >= 15 is 0 Å². The molecule has 4 rings (SSSR count). The van der Waals surface area contributed by atoms with Crippen molar-refractivity contribution in [3.8, 4) is 5.75 Å². The van der Waals surface area contributed by atoms with E-state index in [1.165, 1.54) is 11.4 Å². The maximum atomic E-state index is 13.1. The highest BCUT2D eigenvalue weighted by Crippen LogP contribution is 2.33. The van der Waals surface area contributed by atoms with E-state index in [-0.39, 0.29) is 10.8 Å². The zero-order valence-corrected chi connectivity index (χ0v) is 17.4. The fourth-order valence-electron chi connectivity index (χ4n) is 3.59. The molecule has 3 heterocycles. The van der Waals surface area contributed by atoms with Gasteiger partial charge in [-0.15, -0.1) is 0 Å². The third kappa shape index (κ3) is 4.27. The van der Waals surface area contributed by atoms with Crippen molar-refractivity contribution in [1.82, 2.24) is 19.3 Å². The number of rotatable bonds is 6. The van der Waals surface area contributed by atoms with Crippen LogP contribution in [0.5, 0.6) is 5.75 Å². The molecule has 30 heavy (non-hydrogen) atoms. The van der Waals surface area contributed by atoms with Gasteiger partial charge in [0.15, 0.2) is 0 Å². The summed E-state index contributed by atoms with van der Waals surface area (Å²) in [6.07, 6.45) is 4.73. The molecule has 1 N–H and O–H groups in total. The van der Waals surface area contributed by atoms with Crippen LogP contribution >= 0.6 is 0 Å². The third-order valence-electron chi connectivity index (χ3n) is 5.14. The molecule has 0 unspecified atom stereocenters. The Labute approximate surface area is 176 Å². The van der Waals surface area contributed by atoms with Crippen LogP contribution in [-0.2, 0) is 10.0 Å². The van der Waals surface area contributed by atoms with Gasteiger partial charge in [-0.3, -0.25) is 0 Å². The van der Waals surface area contributed by atoms with E-state index in [0.29, 0.717) is 43.4 Å². The molecule has 1 fully saturated rings. The summed E-state index contributed by atoms with van der Waals surface area (Å²) in [5, 5.41) is 3.10. The van der Waals surface area contributed by atoms with Gasteiger partial charge in [0.2, 0.25) is 16.0 Å². The average Bonchev–Trinajstić information content (AvgIpc) is 2.80.